The van der Waals surface area contributed by atoms with Crippen molar-refractivity contribution in [2.24, 2.45) is 5.10 Å². The van der Waals surface area contributed by atoms with Crippen LogP contribution in [0.5, 0.6) is 0 Å². The fourth-order valence-electron chi connectivity index (χ4n) is 1.70. The van der Waals surface area contributed by atoms with Gasteiger partial charge in [-0.3, -0.25) is 14.9 Å². The number of thiazole rings is 1. The van der Waals surface area contributed by atoms with Crippen LogP contribution in [0.3, 0.4) is 0 Å². The Balaban J connectivity index is 1.96. The second-order valence-corrected chi connectivity index (χ2v) is 5.54. The molecule has 22 heavy (non-hydrogen) atoms. The van der Waals surface area contributed by atoms with Crippen LogP contribution in [-0.4, -0.2) is 21.5 Å². The molecule has 0 aliphatic heterocycles. The average molecular weight is 318 g/mol. The SMILES string of the molecule is C/C(=N/NC(=O)Cc1nc(C)cs1)c1ccc([N+](=O)[O-])cc1. The number of carbonyl (C=O) groups is 1. The highest BCUT2D eigenvalue weighted by Gasteiger charge is 2.08. The number of non-ortho nitro benzene ring substituents is 1. The summed E-state index contributed by atoms with van der Waals surface area (Å²) in [6, 6.07) is 5.98. The summed E-state index contributed by atoms with van der Waals surface area (Å²) in [4.78, 5) is 26.1. The van der Waals surface area contributed by atoms with Crippen LogP contribution < -0.4 is 5.43 Å². The molecule has 0 saturated carbocycles. The maximum absolute atomic E-state index is 11.8. The number of rotatable bonds is 5. The van der Waals surface area contributed by atoms with Gasteiger partial charge in [-0.15, -0.1) is 11.3 Å². The molecule has 114 valence electrons. The fourth-order valence-corrected chi connectivity index (χ4v) is 2.47. The molecule has 2 aromatic rings. The highest BCUT2D eigenvalue weighted by molar-refractivity contribution is 7.09. The molecule has 1 amide bonds. The molecule has 1 aromatic heterocycles. The number of carbonyl (C=O) groups excluding carboxylic acids is 1. The second kappa shape index (κ2) is 6.90. The third-order valence-corrected chi connectivity index (χ3v) is 3.79. The lowest BCUT2D eigenvalue weighted by molar-refractivity contribution is -0.384. The number of nitrogens with zero attached hydrogens (tertiary/aromatic N) is 3. The highest BCUT2D eigenvalue weighted by atomic mass is 32.1. The molecule has 0 aliphatic rings. The van der Waals surface area contributed by atoms with E-state index in [4.69, 9.17) is 0 Å². The number of hydrogen-bond donors (Lipinski definition) is 1. The molecule has 0 radical (unpaired) electrons. The number of nitrogens with one attached hydrogen (secondary N) is 1. The van der Waals surface area contributed by atoms with Crippen LogP contribution in [0.25, 0.3) is 0 Å². The molecule has 1 N–H and O–H groups in total. The Bertz CT molecular complexity index is 722. The van der Waals surface area contributed by atoms with E-state index in [0.717, 1.165) is 10.7 Å². The molecular weight excluding hydrogens is 304 g/mol. The summed E-state index contributed by atoms with van der Waals surface area (Å²) in [6.45, 7) is 3.59. The summed E-state index contributed by atoms with van der Waals surface area (Å²) in [5.74, 6) is -0.254. The Morgan fingerprint density at radius 1 is 1.41 bits per heavy atom. The van der Waals surface area contributed by atoms with Gasteiger partial charge in [0, 0.05) is 23.2 Å². The number of benzene rings is 1. The van der Waals surface area contributed by atoms with Crippen molar-refractivity contribution in [2.45, 2.75) is 20.3 Å². The zero-order valence-electron chi connectivity index (χ0n) is 12.1. The molecule has 0 saturated heterocycles. The van der Waals surface area contributed by atoms with Gasteiger partial charge in [-0.25, -0.2) is 10.4 Å². The molecule has 1 heterocycles. The minimum Gasteiger partial charge on any atom is -0.273 e. The van der Waals surface area contributed by atoms with E-state index in [0.29, 0.717) is 11.3 Å². The molecule has 0 atom stereocenters. The minimum absolute atomic E-state index is 0.0136. The predicted octanol–water partition coefficient (Wildman–Crippen LogP) is 2.44. The van der Waals surface area contributed by atoms with Crippen molar-refractivity contribution in [3.05, 3.63) is 56.0 Å². The van der Waals surface area contributed by atoms with Crippen LogP contribution in [0.2, 0.25) is 0 Å². The monoisotopic (exact) mass is 318 g/mol. The van der Waals surface area contributed by atoms with Gasteiger partial charge < -0.3 is 0 Å². The lowest BCUT2D eigenvalue weighted by atomic mass is 10.1. The van der Waals surface area contributed by atoms with E-state index >= 15 is 0 Å². The lowest BCUT2D eigenvalue weighted by Gasteiger charge is -2.02. The van der Waals surface area contributed by atoms with E-state index < -0.39 is 4.92 Å². The summed E-state index contributed by atoms with van der Waals surface area (Å²) in [5, 5.41) is 17.2. The smallest absolute Gasteiger partial charge is 0.269 e. The van der Waals surface area contributed by atoms with Crippen LogP contribution in [0.4, 0.5) is 5.69 Å². The third kappa shape index (κ3) is 4.19. The lowest BCUT2D eigenvalue weighted by Crippen LogP contribution is -2.21. The van der Waals surface area contributed by atoms with Crippen LogP contribution in [-0.2, 0) is 11.2 Å². The Morgan fingerprint density at radius 2 is 2.09 bits per heavy atom. The summed E-state index contributed by atoms with van der Waals surface area (Å²) >= 11 is 1.43. The molecule has 1 aromatic carbocycles. The number of nitro benzene ring substituents is 1. The zero-order valence-corrected chi connectivity index (χ0v) is 12.9. The van der Waals surface area contributed by atoms with Gasteiger partial charge in [-0.1, -0.05) is 0 Å². The number of hydrogen-bond acceptors (Lipinski definition) is 6. The zero-order chi connectivity index (χ0) is 16.1. The first kappa shape index (κ1) is 15.8. The van der Waals surface area contributed by atoms with Crippen molar-refractivity contribution in [3.8, 4) is 0 Å². The molecule has 8 heteroatoms. The first-order valence-corrected chi connectivity index (χ1v) is 7.32. The Morgan fingerprint density at radius 3 is 2.64 bits per heavy atom. The van der Waals surface area contributed by atoms with Gasteiger partial charge in [0.05, 0.1) is 17.1 Å². The summed E-state index contributed by atoms with van der Waals surface area (Å²) < 4.78 is 0. The maximum Gasteiger partial charge on any atom is 0.269 e. The number of aromatic nitrogens is 1. The molecule has 0 fully saturated rings. The first-order chi connectivity index (χ1) is 10.5. The first-order valence-electron chi connectivity index (χ1n) is 6.44. The van der Waals surface area contributed by atoms with E-state index in [1.165, 1.54) is 23.5 Å². The average Bonchev–Trinajstić information content (AvgIpc) is 2.90. The van der Waals surface area contributed by atoms with E-state index in [-0.39, 0.29) is 18.0 Å². The largest absolute Gasteiger partial charge is 0.273 e. The van der Waals surface area contributed by atoms with Gasteiger partial charge in [0.15, 0.2) is 0 Å². The van der Waals surface area contributed by atoms with Crippen molar-refractivity contribution in [1.29, 1.82) is 0 Å². The number of nitro groups is 1. The second-order valence-electron chi connectivity index (χ2n) is 4.60. The van der Waals surface area contributed by atoms with Crippen LogP contribution >= 0.6 is 11.3 Å². The van der Waals surface area contributed by atoms with Gasteiger partial charge in [0.1, 0.15) is 5.01 Å². The van der Waals surface area contributed by atoms with E-state index in [1.54, 1.807) is 19.1 Å². The van der Waals surface area contributed by atoms with Crippen LogP contribution in [0, 0.1) is 17.0 Å². The van der Waals surface area contributed by atoms with Gasteiger partial charge in [0.25, 0.3) is 5.69 Å². The van der Waals surface area contributed by atoms with Gasteiger partial charge in [-0.05, 0) is 31.5 Å². The fraction of sp³-hybridized carbons (Fsp3) is 0.214. The van der Waals surface area contributed by atoms with Crippen molar-refractivity contribution >= 4 is 28.6 Å². The summed E-state index contributed by atoms with van der Waals surface area (Å²) in [7, 11) is 0. The van der Waals surface area contributed by atoms with Crippen molar-refractivity contribution in [1.82, 2.24) is 10.4 Å². The van der Waals surface area contributed by atoms with Crippen molar-refractivity contribution in [2.75, 3.05) is 0 Å². The van der Waals surface area contributed by atoms with Crippen LogP contribution in [0.15, 0.2) is 34.7 Å². The Labute approximate surface area is 130 Å². The van der Waals surface area contributed by atoms with E-state index in [1.807, 2.05) is 12.3 Å². The molecule has 0 unspecified atom stereocenters. The standard InChI is InChI=1S/C14H14N4O3S/c1-9-8-22-14(15-9)7-13(19)17-16-10(2)11-3-5-12(6-4-11)18(20)21/h3-6,8H,7H2,1-2H3,(H,17,19)/b16-10-. The van der Waals surface area contributed by atoms with E-state index in [9.17, 15) is 14.9 Å². The van der Waals surface area contributed by atoms with Crippen molar-refractivity contribution in [3.63, 3.8) is 0 Å². The van der Waals surface area contributed by atoms with Crippen molar-refractivity contribution < 1.29 is 9.72 Å². The van der Waals surface area contributed by atoms with Crippen LogP contribution in [0.1, 0.15) is 23.2 Å². The number of hydrazone groups is 1. The Hall–Kier alpha value is -2.61. The molecule has 0 spiro atoms. The van der Waals surface area contributed by atoms with Gasteiger partial charge in [-0.2, -0.15) is 5.10 Å². The third-order valence-electron chi connectivity index (χ3n) is 2.82. The molecule has 0 aliphatic carbocycles. The quantitative estimate of drug-likeness (QED) is 0.520. The maximum atomic E-state index is 11.8. The molecular formula is C14H14N4O3S. The van der Waals surface area contributed by atoms with Gasteiger partial charge in [0.2, 0.25) is 5.91 Å². The van der Waals surface area contributed by atoms with Gasteiger partial charge >= 0.3 is 0 Å². The molecule has 2 rings (SSSR count). The number of amides is 1. The normalized spacial score (nSPS) is 11.3. The predicted molar refractivity (Wildman–Crippen MR) is 84.0 cm³/mol. The number of aryl methyl sites for hydroxylation is 1. The van der Waals surface area contributed by atoms with E-state index in [2.05, 4.69) is 15.5 Å². The summed E-state index contributed by atoms with van der Waals surface area (Å²) in [6.07, 6.45) is 0.176. The molecule has 7 nitrogen and oxygen atoms in total. The Kier molecular flexibility index (Phi) is 4.95. The topological polar surface area (TPSA) is 97.5 Å². The highest BCUT2D eigenvalue weighted by Crippen LogP contribution is 2.12. The summed E-state index contributed by atoms with van der Waals surface area (Å²) in [5.41, 5.74) is 4.63. The minimum atomic E-state index is -0.464. The molecule has 0 bridgehead atoms.